The molecule has 0 radical (unpaired) electrons. The largest absolute Gasteiger partial charge is 0.385 e. The molecule has 0 saturated heterocycles. The Labute approximate surface area is 117 Å². The summed E-state index contributed by atoms with van der Waals surface area (Å²) in [7, 11) is 1.68. The van der Waals surface area contributed by atoms with Crippen LogP contribution in [0.1, 0.15) is 29.6 Å². The van der Waals surface area contributed by atoms with Gasteiger partial charge in [0.05, 0.1) is 0 Å². The monoisotopic (exact) mass is 286 g/mol. The number of nitrogens with one attached hydrogen (secondary N) is 2. The van der Waals surface area contributed by atoms with Gasteiger partial charge in [-0.3, -0.25) is 4.79 Å². The number of methoxy groups -OCH3 is 1. The van der Waals surface area contributed by atoms with Gasteiger partial charge in [0.1, 0.15) is 11.0 Å². The molecule has 0 unspecified atom stereocenters. The summed E-state index contributed by atoms with van der Waals surface area (Å²) in [5.41, 5.74) is 2.80. The van der Waals surface area contributed by atoms with E-state index in [1.165, 1.54) is 6.07 Å². The standard InChI is InChI=1S/C12H19ClN4O2/c1-19-6-4-2-3-5-15-12(18)9-7-10(13)16-11(8-9)17-14/h7-8H,2-6,14H2,1H3,(H,15,18)(H,16,17). The molecular weight excluding hydrogens is 268 g/mol. The summed E-state index contributed by atoms with van der Waals surface area (Å²) < 4.78 is 4.95. The lowest BCUT2D eigenvalue weighted by molar-refractivity contribution is 0.0952. The average molecular weight is 287 g/mol. The van der Waals surface area contributed by atoms with Crippen LogP contribution in [0.2, 0.25) is 5.15 Å². The Morgan fingerprint density at radius 1 is 1.42 bits per heavy atom. The molecule has 106 valence electrons. The van der Waals surface area contributed by atoms with Gasteiger partial charge in [0, 0.05) is 25.8 Å². The average Bonchev–Trinajstić information content (AvgIpc) is 2.41. The fraction of sp³-hybridized carbons (Fsp3) is 0.500. The van der Waals surface area contributed by atoms with Crippen LogP contribution in [0.5, 0.6) is 0 Å². The van der Waals surface area contributed by atoms with Crippen LogP contribution in [0, 0.1) is 0 Å². The van der Waals surface area contributed by atoms with E-state index in [9.17, 15) is 4.79 Å². The lowest BCUT2D eigenvalue weighted by Gasteiger charge is -2.07. The van der Waals surface area contributed by atoms with Gasteiger partial charge in [-0.1, -0.05) is 11.6 Å². The SMILES string of the molecule is COCCCCCNC(=O)c1cc(Cl)nc(NN)c1. The molecule has 0 saturated carbocycles. The van der Waals surface area contributed by atoms with E-state index in [1.807, 2.05) is 0 Å². The second kappa shape index (κ2) is 8.68. The highest BCUT2D eigenvalue weighted by Crippen LogP contribution is 2.13. The first kappa shape index (κ1) is 15.7. The van der Waals surface area contributed by atoms with Crippen LogP contribution in [-0.4, -0.2) is 31.2 Å². The lowest BCUT2D eigenvalue weighted by atomic mass is 10.2. The summed E-state index contributed by atoms with van der Waals surface area (Å²) in [5.74, 6) is 5.41. The fourth-order valence-electron chi connectivity index (χ4n) is 1.55. The quantitative estimate of drug-likeness (QED) is 0.292. The zero-order valence-corrected chi connectivity index (χ0v) is 11.7. The van der Waals surface area contributed by atoms with Crippen LogP contribution in [0.4, 0.5) is 5.82 Å². The fourth-order valence-corrected chi connectivity index (χ4v) is 1.76. The highest BCUT2D eigenvalue weighted by atomic mass is 35.5. The molecule has 1 aromatic rings. The Morgan fingerprint density at radius 3 is 2.89 bits per heavy atom. The third kappa shape index (κ3) is 5.87. The van der Waals surface area contributed by atoms with E-state index in [2.05, 4.69) is 15.7 Å². The number of ether oxygens (including phenoxy) is 1. The maximum absolute atomic E-state index is 11.9. The van der Waals surface area contributed by atoms with Crippen molar-refractivity contribution in [3.8, 4) is 0 Å². The van der Waals surface area contributed by atoms with Gasteiger partial charge in [-0.05, 0) is 31.4 Å². The second-order valence-electron chi connectivity index (χ2n) is 4.02. The summed E-state index contributed by atoms with van der Waals surface area (Å²) in [6, 6.07) is 3.05. The van der Waals surface area contributed by atoms with Crippen molar-refractivity contribution >= 4 is 23.3 Å². The zero-order chi connectivity index (χ0) is 14.1. The molecular formula is C12H19ClN4O2. The zero-order valence-electron chi connectivity index (χ0n) is 10.9. The number of nitrogens with two attached hydrogens (primary N) is 1. The van der Waals surface area contributed by atoms with Crippen molar-refractivity contribution in [2.45, 2.75) is 19.3 Å². The molecule has 4 N–H and O–H groups in total. The number of pyridine rings is 1. The Kier molecular flexibility index (Phi) is 7.17. The topological polar surface area (TPSA) is 89.3 Å². The normalized spacial score (nSPS) is 10.3. The molecule has 0 bridgehead atoms. The molecule has 0 atom stereocenters. The van der Waals surface area contributed by atoms with E-state index >= 15 is 0 Å². The highest BCUT2D eigenvalue weighted by molar-refractivity contribution is 6.29. The maximum Gasteiger partial charge on any atom is 0.251 e. The van der Waals surface area contributed by atoms with Gasteiger partial charge in [0.25, 0.3) is 5.91 Å². The van der Waals surface area contributed by atoms with Crippen molar-refractivity contribution in [1.82, 2.24) is 10.3 Å². The number of nitrogen functional groups attached to an aromatic ring is 1. The van der Waals surface area contributed by atoms with Crippen molar-refractivity contribution in [2.24, 2.45) is 5.84 Å². The minimum atomic E-state index is -0.187. The van der Waals surface area contributed by atoms with Crippen molar-refractivity contribution in [3.05, 3.63) is 22.8 Å². The number of amides is 1. The number of aromatic nitrogens is 1. The van der Waals surface area contributed by atoms with Gasteiger partial charge < -0.3 is 15.5 Å². The Bertz CT molecular complexity index is 415. The number of carbonyl (C=O) groups is 1. The molecule has 19 heavy (non-hydrogen) atoms. The summed E-state index contributed by atoms with van der Waals surface area (Å²) in [6.45, 7) is 1.37. The molecule has 0 aliphatic heterocycles. The Balaban J connectivity index is 2.39. The summed E-state index contributed by atoms with van der Waals surface area (Å²) in [6.07, 6.45) is 2.92. The highest BCUT2D eigenvalue weighted by Gasteiger charge is 2.08. The van der Waals surface area contributed by atoms with Gasteiger partial charge in [0.2, 0.25) is 0 Å². The van der Waals surface area contributed by atoms with Crippen LogP contribution in [-0.2, 0) is 4.74 Å². The Hall–Kier alpha value is -1.37. The number of rotatable bonds is 8. The van der Waals surface area contributed by atoms with Crippen LogP contribution >= 0.6 is 11.6 Å². The minimum absolute atomic E-state index is 0.187. The molecule has 0 spiro atoms. The minimum Gasteiger partial charge on any atom is -0.385 e. The van der Waals surface area contributed by atoms with Gasteiger partial charge in [-0.2, -0.15) is 0 Å². The molecule has 0 fully saturated rings. The van der Waals surface area contributed by atoms with Gasteiger partial charge >= 0.3 is 0 Å². The predicted molar refractivity (Wildman–Crippen MR) is 75.1 cm³/mol. The number of hydrazine groups is 1. The number of halogens is 1. The van der Waals surface area contributed by atoms with Crippen molar-refractivity contribution in [3.63, 3.8) is 0 Å². The third-order valence-electron chi connectivity index (χ3n) is 2.51. The molecule has 1 amide bonds. The smallest absolute Gasteiger partial charge is 0.251 e. The number of hydrogen-bond acceptors (Lipinski definition) is 5. The molecule has 0 aliphatic carbocycles. The molecule has 6 nitrogen and oxygen atoms in total. The van der Waals surface area contributed by atoms with E-state index in [1.54, 1.807) is 13.2 Å². The summed E-state index contributed by atoms with van der Waals surface area (Å²) in [4.78, 5) is 15.8. The number of nitrogens with zero attached hydrogens (tertiary/aromatic N) is 1. The lowest BCUT2D eigenvalue weighted by Crippen LogP contribution is -2.25. The van der Waals surface area contributed by atoms with E-state index < -0.39 is 0 Å². The van der Waals surface area contributed by atoms with Crippen molar-refractivity contribution in [2.75, 3.05) is 25.7 Å². The van der Waals surface area contributed by atoms with E-state index in [0.717, 1.165) is 25.9 Å². The van der Waals surface area contributed by atoms with Crippen LogP contribution < -0.4 is 16.6 Å². The van der Waals surface area contributed by atoms with Crippen LogP contribution in [0.3, 0.4) is 0 Å². The molecule has 7 heteroatoms. The molecule has 0 aliphatic rings. The third-order valence-corrected chi connectivity index (χ3v) is 2.71. The summed E-state index contributed by atoms with van der Waals surface area (Å²) in [5, 5.41) is 3.04. The molecule has 0 aromatic carbocycles. The maximum atomic E-state index is 11.9. The molecule has 1 rings (SSSR count). The first-order valence-electron chi connectivity index (χ1n) is 6.08. The van der Waals surface area contributed by atoms with E-state index in [4.69, 9.17) is 22.2 Å². The first-order valence-corrected chi connectivity index (χ1v) is 6.46. The van der Waals surface area contributed by atoms with Gasteiger partial charge in [-0.25, -0.2) is 10.8 Å². The number of unbranched alkanes of at least 4 members (excludes halogenated alkanes) is 2. The number of hydrogen-bond donors (Lipinski definition) is 3. The van der Waals surface area contributed by atoms with Gasteiger partial charge in [-0.15, -0.1) is 0 Å². The second-order valence-corrected chi connectivity index (χ2v) is 4.40. The first-order chi connectivity index (χ1) is 9.17. The number of anilines is 1. The van der Waals surface area contributed by atoms with E-state index in [-0.39, 0.29) is 11.1 Å². The van der Waals surface area contributed by atoms with Crippen molar-refractivity contribution in [1.29, 1.82) is 0 Å². The van der Waals surface area contributed by atoms with E-state index in [0.29, 0.717) is 17.9 Å². The molecule has 1 heterocycles. The molecule has 1 aromatic heterocycles. The number of carbonyl (C=O) groups excluding carboxylic acids is 1. The van der Waals surface area contributed by atoms with Crippen molar-refractivity contribution < 1.29 is 9.53 Å². The Morgan fingerprint density at radius 2 is 2.21 bits per heavy atom. The van der Waals surface area contributed by atoms with Crippen LogP contribution in [0.25, 0.3) is 0 Å². The van der Waals surface area contributed by atoms with Crippen LogP contribution in [0.15, 0.2) is 12.1 Å². The summed E-state index contributed by atoms with van der Waals surface area (Å²) >= 11 is 5.79. The van der Waals surface area contributed by atoms with Gasteiger partial charge in [0.15, 0.2) is 0 Å². The predicted octanol–water partition coefficient (Wildman–Crippen LogP) is 1.57.